The maximum atomic E-state index is 13.9. The number of nitrogens with zero attached hydrogens (tertiary/aromatic N) is 1. The monoisotopic (exact) mass is 402 g/mol. The van der Waals surface area contributed by atoms with Crippen LogP contribution in [0.5, 0.6) is 5.75 Å². The Morgan fingerprint density at radius 2 is 1.79 bits per heavy atom. The van der Waals surface area contributed by atoms with Gasteiger partial charge < -0.3 is 14.6 Å². The van der Waals surface area contributed by atoms with Crippen LogP contribution in [0.15, 0.2) is 47.5 Å². The number of carbonyl (C=O) groups is 2. The van der Waals surface area contributed by atoms with E-state index in [0.717, 1.165) is 6.07 Å². The Bertz CT molecular complexity index is 918. The molecule has 154 valence electrons. The van der Waals surface area contributed by atoms with Gasteiger partial charge in [-0.3, -0.25) is 5.32 Å². The molecule has 2 N–H and O–H groups in total. The number of aliphatic hydroxyl groups is 1. The minimum Gasteiger partial charge on any atom is -0.444 e. The summed E-state index contributed by atoms with van der Waals surface area (Å²) in [5.74, 6) is -1.39. The average molecular weight is 402 g/mol. The summed E-state index contributed by atoms with van der Waals surface area (Å²) in [6.45, 7) is 6.55. The van der Waals surface area contributed by atoms with Gasteiger partial charge in [-0.1, -0.05) is 6.07 Å². The molecular weight excluding hydrogens is 379 g/mol. The van der Waals surface area contributed by atoms with Crippen LogP contribution >= 0.6 is 0 Å². The van der Waals surface area contributed by atoms with Crippen molar-refractivity contribution in [2.75, 3.05) is 0 Å². The van der Waals surface area contributed by atoms with Gasteiger partial charge in [-0.2, -0.15) is 0 Å². The maximum absolute atomic E-state index is 13.9. The molecule has 2 aromatic rings. The molecular formula is C21H23FN2O5. The number of halogens is 1. The zero-order valence-electron chi connectivity index (χ0n) is 16.7. The van der Waals surface area contributed by atoms with Crippen LogP contribution < -0.4 is 10.1 Å². The topological polar surface area (TPSA) is 97.2 Å². The molecule has 29 heavy (non-hydrogen) atoms. The van der Waals surface area contributed by atoms with Crippen molar-refractivity contribution >= 4 is 23.6 Å². The van der Waals surface area contributed by atoms with Crippen molar-refractivity contribution in [1.82, 2.24) is 5.32 Å². The van der Waals surface area contributed by atoms with Crippen molar-refractivity contribution in [3.63, 3.8) is 0 Å². The smallest absolute Gasteiger partial charge is 0.413 e. The van der Waals surface area contributed by atoms with E-state index in [1.54, 1.807) is 39.8 Å². The zero-order valence-corrected chi connectivity index (χ0v) is 16.7. The highest BCUT2D eigenvalue weighted by atomic mass is 19.1. The highest BCUT2D eigenvalue weighted by Gasteiger charge is 2.16. The number of aliphatic imine (C=N–C) groups is 1. The van der Waals surface area contributed by atoms with Crippen LogP contribution in [-0.4, -0.2) is 28.6 Å². The third kappa shape index (κ3) is 7.00. The molecule has 0 heterocycles. The first-order valence-electron chi connectivity index (χ1n) is 8.84. The molecule has 7 nitrogen and oxygen atoms in total. The van der Waals surface area contributed by atoms with Crippen LogP contribution in [-0.2, 0) is 11.3 Å². The lowest BCUT2D eigenvalue weighted by Gasteiger charge is -2.19. The summed E-state index contributed by atoms with van der Waals surface area (Å²) in [7, 11) is 0. The highest BCUT2D eigenvalue weighted by molar-refractivity contribution is 5.95. The molecule has 2 aromatic carbocycles. The first-order valence-corrected chi connectivity index (χ1v) is 8.84. The summed E-state index contributed by atoms with van der Waals surface area (Å²) in [4.78, 5) is 28.1. The minimum absolute atomic E-state index is 0.201. The van der Waals surface area contributed by atoms with Gasteiger partial charge >= 0.3 is 12.1 Å². The summed E-state index contributed by atoms with van der Waals surface area (Å²) < 4.78 is 24.1. The van der Waals surface area contributed by atoms with Crippen molar-refractivity contribution < 1.29 is 28.6 Å². The second kappa shape index (κ2) is 9.29. The summed E-state index contributed by atoms with van der Waals surface area (Å²) in [5, 5.41) is 11.5. The fourth-order valence-corrected chi connectivity index (χ4v) is 2.23. The molecule has 0 atom stereocenters. The molecule has 0 saturated carbocycles. The van der Waals surface area contributed by atoms with E-state index in [2.05, 4.69) is 10.3 Å². The number of benzene rings is 2. The van der Waals surface area contributed by atoms with Crippen molar-refractivity contribution in [1.29, 1.82) is 0 Å². The number of amides is 1. The molecule has 0 aliphatic heterocycles. The third-order valence-corrected chi connectivity index (χ3v) is 3.46. The van der Waals surface area contributed by atoms with Crippen molar-refractivity contribution in [3.8, 4) is 5.75 Å². The van der Waals surface area contributed by atoms with Gasteiger partial charge in [0.25, 0.3) is 0 Å². The second-order valence-corrected chi connectivity index (χ2v) is 7.18. The molecule has 0 radical (unpaired) electrons. The molecule has 0 aliphatic rings. The Balaban J connectivity index is 2.02. The zero-order chi connectivity index (χ0) is 21.6. The molecule has 0 bridgehead atoms. The van der Waals surface area contributed by atoms with Crippen LogP contribution in [0.1, 0.15) is 43.6 Å². The molecule has 2 rings (SSSR count). The fraction of sp³-hybridized carbons (Fsp3) is 0.286. The summed E-state index contributed by atoms with van der Waals surface area (Å²) in [6.07, 6.45) is -0.617. The molecule has 0 aliphatic carbocycles. The fourth-order valence-electron chi connectivity index (χ4n) is 2.23. The normalized spacial score (nSPS) is 11.7. The van der Waals surface area contributed by atoms with Gasteiger partial charge in [0, 0.05) is 0 Å². The van der Waals surface area contributed by atoms with Crippen molar-refractivity contribution in [3.05, 3.63) is 59.4 Å². The summed E-state index contributed by atoms with van der Waals surface area (Å²) >= 11 is 0. The largest absolute Gasteiger partial charge is 0.444 e. The van der Waals surface area contributed by atoms with E-state index >= 15 is 0 Å². The van der Waals surface area contributed by atoms with E-state index in [4.69, 9.17) is 14.6 Å². The standard InChI is InChI=1S/C21H23FN2O5/c1-13(24-20(27)29-21(2,3)4)23-16-8-6-15(7-9-16)19(26)28-18-10-5-14(12-25)11-17(18)22/h5-11,25H,12H2,1-4H3,(H,23,24,27). The quantitative estimate of drug-likeness (QED) is 0.347. The van der Waals surface area contributed by atoms with Crippen LogP contribution in [0, 0.1) is 5.82 Å². The maximum Gasteiger partial charge on any atom is 0.413 e. The molecule has 0 fully saturated rings. The van der Waals surface area contributed by atoms with Gasteiger partial charge in [-0.15, -0.1) is 0 Å². The van der Waals surface area contributed by atoms with Crippen LogP contribution in [0.3, 0.4) is 0 Å². The van der Waals surface area contributed by atoms with Gasteiger partial charge in [0.1, 0.15) is 11.4 Å². The van der Waals surface area contributed by atoms with E-state index in [9.17, 15) is 14.0 Å². The SMILES string of the molecule is CC(=Nc1ccc(C(=O)Oc2ccc(CO)cc2F)cc1)NC(=O)OC(C)(C)C. The first kappa shape index (κ1) is 22.0. The van der Waals surface area contributed by atoms with E-state index in [1.807, 2.05) is 0 Å². The minimum atomic E-state index is -0.741. The van der Waals surface area contributed by atoms with Crippen molar-refractivity contribution in [2.45, 2.75) is 39.9 Å². The number of esters is 1. The summed E-state index contributed by atoms with van der Waals surface area (Å²) in [6, 6.07) is 9.90. The van der Waals surface area contributed by atoms with Crippen LogP contribution in [0.4, 0.5) is 14.9 Å². The number of alkyl carbamates (subject to hydrolysis) is 1. The van der Waals surface area contributed by atoms with Gasteiger partial charge in [-0.25, -0.2) is 19.0 Å². The average Bonchev–Trinajstić information content (AvgIpc) is 2.62. The van der Waals surface area contributed by atoms with Gasteiger partial charge in [-0.05, 0) is 69.7 Å². The highest BCUT2D eigenvalue weighted by Crippen LogP contribution is 2.21. The van der Waals surface area contributed by atoms with Crippen LogP contribution in [0.2, 0.25) is 0 Å². The summed E-state index contributed by atoms with van der Waals surface area (Å²) in [5.41, 5.74) is 0.449. The molecule has 0 aromatic heterocycles. The Hall–Kier alpha value is -3.26. The van der Waals surface area contributed by atoms with E-state index in [0.29, 0.717) is 17.1 Å². The Kier molecular flexibility index (Phi) is 7.06. The van der Waals surface area contributed by atoms with Gasteiger partial charge in [0.05, 0.1) is 17.9 Å². The number of hydrogen-bond acceptors (Lipinski definition) is 6. The van der Waals surface area contributed by atoms with E-state index < -0.39 is 23.5 Å². The molecule has 0 spiro atoms. The Morgan fingerprint density at radius 3 is 2.34 bits per heavy atom. The van der Waals surface area contributed by atoms with E-state index in [-0.39, 0.29) is 17.9 Å². The predicted octanol–water partition coefficient (Wildman–Crippen LogP) is 4.11. The first-order chi connectivity index (χ1) is 13.6. The second-order valence-electron chi connectivity index (χ2n) is 7.18. The van der Waals surface area contributed by atoms with E-state index in [1.165, 1.54) is 24.3 Å². The number of carbonyl (C=O) groups excluding carboxylic acids is 2. The van der Waals surface area contributed by atoms with Gasteiger partial charge in [0.2, 0.25) is 0 Å². The third-order valence-electron chi connectivity index (χ3n) is 3.46. The number of nitrogens with one attached hydrogen (secondary N) is 1. The lowest BCUT2D eigenvalue weighted by molar-refractivity contribution is 0.0562. The number of hydrogen-bond donors (Lipinski definition) is 2. The molecule has 1 amide bonds. The molecule has 0 unspecified atom stereocenters. The Labute approximate surface area is 168 Å². The lowest BCUT2D eigenvalue weighted by atomic mass is 10.2. The van der Waals surface area contributed by atoms with Crippen LogP contribution in [0.25, 0.3) is 0 Å². The molecule has 8 heteroatoms. The molecule has 0 saturated heterocycles. The number of ether oxygens (including phenoxy) is 2. The number of rotatable bonds is 4. The number of amidine groups is 1. The number of aliphatic hydroxyl groups excluding tert-OH is 1. The predicted molar refractivity (Wildman–Crippen MR) is 106 cm³/mol. The Morgan fingerprint density at radius 1 is 1.14 bits per heavy atom. The van der Waals surface area contributed by atoms with Crippen molar-refractivity contribution in [2.24, 2.45) is 4.99 Å². The van der Waals surface area contributed by atoms with Gasteiger partial charge in [0.15, 0.2) is 11.6 Å². The lowest BCUT2D eigenvalue weighted by Crippen LogP contribution is -2.35.